The zero-order valence-corrected chi connectivity index (χ0v) is 7.25. The highest BCUT2D eigenvalue weighted by Crippen LogP contribution is 1.95. The lowest BCUT2D eigenvalue weighted by atomic mass is 10.2. The van der Waals surface area contributed by atoms with Crippen molar-refractivity contribution in [3.8, 4) is 0 Å². The molecule has 0 N–H and O–H groups in total. The van der Waals surface area contributed by atoms with Crippen LogP contribution in [0.3, 0.4) is 0 Å². The molecule has 0 radical (unpaired) electrons. The fourth-order valence-electron chi connectivity index (χ4n) is 0.728. The van der Waals surface area contributed by atoms with Crippen molar-refractivity contribution in [2.24, 2.45) is 0 Å². The van der Waals surface area contributed by atoms with Crippen LogP contribution in [-0.2, 0) is 19.1 Å². The number of carbonyl (C=O) groups excluding carboxylic acids is 2. The minimum Gasteiger partial charge on any atom is -0.468 e. The molecule has 0 bridgehead atoms. The second-order valence-electron chi connectivity index (χ2n) is 2.37. The lowest BCUT2D eigenvalue weighted by Crippen LogP contribution is -2.01. The van der Waals surface area contributed by atoms with Gasteiger partial charge in [0.25, 0.3) is 6.47 Å². The highest BCUT2D eigenvalue weighted by molar-refractivity contribution is 5.65. The molecular weight excluding hydrogens is 160 g/mol. The summed E-state index contributed by atoms with van der Waals surface area (Å²) in [5.41, 5.74) is 0. The lowest BCUT2D eigenvalue weighted by molar-refractivity contribution is -0.141. The van der Waals surface area contributed by atoms with Crippen LogP contribution in [0.1, 0.15) is 26.2 Å². The maximum atomic E-state index is 10.3. The molecule has 0 aliphatic rings. The molecule has 0 aliphatic carbocycles. The van der Waals surface area contributed by atoms with Crippen molar-refractivity contribution in [2.75, 3.05) is 13.2 Å². The summed E-state index contributed by atoms with van der Waals surface area (Å²) in [5, 5.41) is 0. The molecule has 0 heterocycles. The Hall–Kier alpha value is -1.06. The Labute approximate surface area is 71.8 Å². The van der Waals surface area contributed by atoms with E-state index in [4.69, 9.17) is 4.74 Å². The molecule has 0 amide bonds. The van der Waals surface area contributed by atoms with Crippen LogP contribution >= 0.6 is 0 Å². The first-order chi connectivity index (χ1) is 5.77. The zero-order chi connectivity index (χ0) is 9.23. The summed E-state index contributed by atoms with van der Waals surface area (Å²) < 4.78 is 9.17. The summed E-state index contributed by atoms with van der Waals surface area (Å²) in [7, 11) is 0. The number of carbonyl (C=O) groups is 2. The molecule has 0 aromatic carbocycles. The number of unbranched alkanes of at least 4 members (excludes halogenated alkanes) is 2. The van der Waals surface area contributed by atoms with Gasteiger partial charge in [-0.25, -0.2) is 0 Å². The van der Waals surface area contributed by atoms with Crippen LogP contribution in [0.2, 0.25) is 0 Å². The third-order valence-electron chi connectivity index (χ3n) is 1.28. The standard InChI is InChI=1S/C8H14O4/c1-8(10)12-6-4-2-3-5-11-7-9/h7H,2-6H2,1H3. The molecule has 0 rings (SSSR count). The van der Waals surface area contributed by atoms with E-state index in [0.717, 1.165) is 19.3 Å². The van der Waals surface area contributed by atoms with Crippen molar-refractivity contribution in [1.29, 1.82) is 0 Å². The maximum Gasteiger partial charge on any atom is 0.302 e. The molecule has 0 fully saturated rings. The van der Waals surface area contributed by atoms with Gasteiger partial charge in [-0.2, -0.15) is 0 Å². The Morgan fingerprint density at radius 1 is 1.25 bits per heavy atom. The van der Waals surface area contributed by atoms with Gasteiger partial charge < -0.3 is 9.47 Å². The summed E-state index contributed by atoms with van der Waals surface area (Å²) >= 11 is 0. The van der Waals surface area contributed by atoms with Gasteiger partial charge in [-0.15, -0.1) is 0 Å². The van der Waals surface area contributed by atoms with Gasteiger partial charge in [-0.05, 0) is 19.3 Å². The highest BCUT2D eigenvalue weighted by Gasteiger charge is 1.92. The van der Waals surface area contributed by atoms with Crippen LogP contribution < -0.4 is 0 Å². The Kier molecular flexibility index (Phi) is 7.33. The molecule has 0 saturated carbocycles. The second kappa shape index (κ2) is 8.04. The Morgan fingerprint density at radius 3 is 2.50 bits per heavy atom. The van der Waals surface area contributed by atoms with Gasteiger partial charge in [0, 0.05) is 6.92 Å². The average Bonchev–Trinajstić information content (AvgIpc) is 2.02. The molecule has 0 saturated heterocycles. The average molecular weight is 174 g/mol. The van der Waals surface area contributed by atoms with Crippen LogP contribution in [0, 0.1) is 0 Å². The van der Waals surface area contributed by atoms with Crippen LogP contribution in [0.4, 0.5) is 0 Å². The topological polar surface area (TPSA) is 52.6 Å². The van der Waals surface area contributed by atoms with Crippen molar-refractivity contribution >= 4 is 12.4 Å². The van der Waals surface area contributed by atoms with Crippen LogP contribution in [0.5, 0.6) is 0 Å². The summed E-state index contributed by atoms with van der Waals surface area (Å²) in [6.07, 6.45) is 2.54. The molecule has 0 aliphatic heterocycles. The van der Waals surface area contributed by atoms with E-state index in [-0.39, 0.29) is 5.97 Å². The van der Waals surface area contributed by atoms with E-state index in [1.54, 1.807) is 0 Å². The fourth-order valence-corrected chi connectivity index (χ4v) is 0.728. The Balaban J connectivity index is 2.90. The van der Waals surface area contributed by atoms with Gasteiger partial charge >= 0.3 is 5.97 Å². The molecular formula is C8H14O4. The monoisotopic (exact) mass is 174 g/mol. The van der Waals surface area contributed by atoms with E-state index in [9.17, 15) is 9.59 Å². The van der Waals surface area contributed by atoms with Crippen LogP contribution in [-0.4, -0.2) is 25.7 Å². The van der Waals surface area contributed by atoms with Crippen molar-refractivity contribution < 1.29 is 19.1 Å². The third kappa shape index (κ3) is 8.94. The lowest BCUT2D eigenvalue weighted by Gasteiger charge is -2.00. The zero-order valence-electron chi connectivity index (χ0n) is 7.25. The van der Waals surface area contributed by atoms with Gasteiger partial charge in [0.1, 0.15) is 0 Å². The maximum absolute atomic E-state index is 10.3. The minimum absolute atomic E-state index is 0.251. The van der Waals surface area contributed by atoms with Gasteiger partial charge in [-0.3, -0.25) is 9.59 Å². The molecule has 12 heavy (non-hydrogen) atoms. The van der Waals surface area contributed by atoms with E-state index in [1.165, 1.54) is 6.92 Å². The van der Waals surface area contributed by atoms with Crippen molar-refractivity contribution in [1.82, 2.24) is 0 Å². The molecule has 0 spiro atoms. The number of esters is 1. The van der Waals surface area contributed by atoms with Crippen molar-refractivity contribution in [3.63, 3.8) is 0 Å². The first-order valence-corrected chi connectivity index (χ1v) is 3.96. The largest absolute Gasteiger partial charge is 0.468 e. The van der Waals surface area contributed by atoms with E-state index in [1.807, 2.05) is 0 Å². The Morgan fingerprint density at radius 2 is 1.92 bits per heavy atom. The van der Waals surface area contributed by atoms with Crippen molar-refractivity contribution in [3.05, 3.63) is 0 Å². The summed E-state index contributed by atoms with van der Waals surface area (Å²) in [6.45, 7) is 2.72. The highest BCUT2D eigenvalue weighted by atomic mass is 16.5. The number of hydrogen-bond acceptors (Lipinski definition) is 4. The van der Waals surface area contributed by atoms with Gasteiger partial charge in [0.05, 0.1) is 13.2 Å². The molecule has 0 aromatic rings. The molecule has 4 heteroatoms. The summed E-state index contributed by atoms with van der Waals surface area (Å²) in [4.78, 5) is 20.0. The molecule has 70 valence electrons. The van der Waals surface area contributed by atoms with E-state index >= 15 is 0 Å². The van der Waals surface area contributed by atoms with E-state index in [0.29, 0.717) is 19.7 Å². The number of rotatable bonds is 7. The van der Waals surface area contributed by atoms with Gasteiger partial charge in [0.15, 0.2) is 0 Å². The summed E-state index contributed by atoms with van der Waals surface area (Å²) in [5.74, 6) is -0.251. The van der Waals surface area contributed by atoms with Crippen molar-refractivity contribution in [2.45, 2.75) is 26.2 Å². The second-order valence-corrected chi connectivity index (χ2v) is 2.37. The molecule has 4 nitrogen and oxygen atoms in total. The molecule has 0 unspecified atom stereocenters. The predicted molar refractivity (Wildman–Crippen MR) is 42.5 cm³/mol. The number of hydrogen-bond donors (Lipinski definition) is 0. The predicted octanol–water partition coefficient (Wildman–Crippen LogP) is 0.893. The first-order valence-electron chi connectivity index (χ1n) is 3.96. The van der Waals surface area contributed by atoms with Crippen LogP contribution in [0.15, 0.2) is 0 Å². The van der Waals surface area contributed by atoms with Gasteiger partial charge in [-0.1, -0.05) is 0 Å². The van der Waals surface area contributed by atoms with E-state index in [2.05, 4.69) is 4.74 Å². The van der Waals surface area contributed by atoms with Crippen LogP contribution in [0.25, 0.3) is 0 Å². The molecule has 0 atom stereocenters. The smallest absolute Gasteiger partial charge is 0.302 e. The van der Waals surface area contributed by atoms with Gasteiger partial charge in [0.2, 0.25) is 0 Å². The fraction of sp³-hybridized carbons (Fsp3) is 0.750. The normalized spacial score (nSPS) is 9.08. The molecule has 0 aromatic heterocycles. The first kappa shape index (κ1) is 10.9. The Bertz CT molecular complexity index is 133. The number of ether oxygens (including phenoxy) is 2. The summed E-state index contributed by atoms with van der Waals surface area (Å²) in [6, 6.07) is 0. The van der Waals surface area contributed by atoms with E-state index < -0.39 is 0 Å². The quantitative estimate of drug-likeness (QED) is 0.327. The third-order valence-corrected chi connectivity index (χ3v) is 1.28. The SMILES string of the molecule is CC(=O)OCCCCCOC=O. The minimum atomic E-state index is -0.251.